The smallest absolute Gasteiger partial charge is 0.407 e. The Hall–Kier alpha value is -1.52. The van der Waals surface area contributed by atoms with Crippen LogP contribution >= 0.6 is 0 Å². The maximum atomic E-state index is 10.8. The average molecular weight is 173 g/mol. The predicted molar refractivity (Wildman–Crippen MR) is 41.5 cm³/mol. The predicted octanol–water partition coefficient (Wildman–Crippen LogP) is 0.0700. The number of ether oxygens (including phenoxy) is 2. The van der Waals surface area contributed by atoms with Crippen LogP contribution in [0.1, 0.15) is 0 Å². The van der Waals surface area contributed by atoms with Gasteiger partial charge in [-0.15, -0.1) is 6.58 Å². The molecule has 0 bridgehead atoms. The molecule has 0 aliphatic rings. The van der Waals surface area contributed by atoms with E-state index in [2.05, 4.69) is 21.4 Å². The molecule has 0 aliphatic carbocycles. The van der Waals surface area contributed by atoms with Crippen LogP contribution in [-0.4, -0.2) is 32.3 Å². The van der Waals surface area contributed by atoms with Crippen LogP contribution in [0, 0.1) is 0 Å². The van der Waals surface area contributed by atoms with Crippen LogP contribution in [-0.2, 0) is 14.3 Å². The molecule has 0 rings (SSSR count). The fourth-order valence-electron chi connectivity index (χ4n) is 0.527. The van der Waals surface area contributed by atoms with E-state index in [1.807, 2.05) is 0 Å². The first-order valence-electron chi connectivity index (χ1n) is 3.20. The summed E-state index contributed by atoms with van der Waals surface area (Å²) in [4.78, 5) is 21.4. The average Bonchev–Trinajstić information content (AvgIpc) is 2.12. The van der Waals surface area contributed by atoms with Crippen LogP contribution in [0.15, 0.2) is 12.7 Å². The largest absolute Gasteiger partial charge is 0.467 e. The second kappa shape index (κ2) is 5.17. The molecule has 0 fully saturated rings. The molecule has 1 atom stereocenters. The second-order valence-electron chi connectivity index (χ2n) is 1.87. The highest BCUT2D eigenvalue weighted by Crippen LogP contribution is 1.89. The van der Waals surface area contributed by atoms with Crippen LogP contribution in [0.2, 0.25) is 0 Å². The van der Waals surface area contributed by atoms with Gasteiger partial charge in [0, 0.05) is 0 Å². The zero-order valence-corrected chi connectivity index (χ0v) is 6.99. The maximum Gasteiger partial charge on any atom is 0.407 e. The van der Waals surface area contributed by atoms with Gasteiger partial charge in [-0.05, 0) is 0 Å². The SMILES string of the molecule is C=C[C@H](NC(=O)OC)C(=O)OC. The Morgan fingerprint density at radius 1 is 1.42 bits per heavy atom. The first kappa shape index (κ1) is 10.5. The quantitative estimate of drug-likeness (QED) is 0.484. The van der Waals surface area contributed by atoms with Crippen LogP contribution < -0.4 is 5.32 Å². The molecule has 12 heavy (non-hydrogen) atoms. The van der Waals surface area contributed by atoms with Gasteiger partial charge in [-0.2, -0.15) is 0 Å². The first-order valence-corrected chi connectivity index (χ1v) is 3.20. The van der Waals surface area contributed by atoms with Gasteiger partial charge in [0.1, 0.15) is 6.04 Å². The minimum absolute atomic E-state index is 0.588. The minimum atomic E-state index is -0.859. The van der Waals surface area contributed by atoms with Gasteiger partial charge in [-0.25, -0.2) is 9.59 Å². The van der Waals surface area contributed by atoms with Crippen molar-refractivity contribution >= 4 is 12.1 Å². The number of hydrogen-bond acceptors (Lipinski definition) is 4. The van der Waals surface area contributed by atoms with E-state index in [0.29, 0.717) is 0 Å². The van der Waals surface area contributed by atoms with Crippen molar-refractivity contribution in [3.63, 3.8) is 0 Å². The Balaban J connectivity index is 4.08. The third-order valence-electron chi connectivity index (χ3n) is 1.15. The zero-order valence-electron chi connectivity index (χ0n) is 6.99. The van der Waals surface area contributed by atoms with E-state index in [9.17, 15) is 9.59 Å². The monoisotopic (exact) mass is 173 g/mol. The lowest BCUT2D eigenvalue weighted by atomic mass is 10.3. The van der Waals surface area contributed by atoms with E-state index in [1.165, 1.54) is 20.3 Å². The molecule has 0 heterocycles. The van der Waals surface area contributed by atoms with E-state index in [4.69, 9.17) is 0 Å². The van der Waals surface area contributed by atoms with Crippen molar-refractivity contribution in [1.82, 2.24) is 5.32 Å². The van der Waals surface area contributed by atoms with E-state index >= 15 is 0 Å². The van der Waals surface area contributed by atoms with E-state index < -0.39 is 18.1 Å². The number of alkyl carbamates (subject to hydrolysis) is 1. The van der Waals surface area contributed by atoms with Gasteiger partial charge in [0.15, 0.2) is 0 Å². The Labute approximate surface area is 70.3 Å². The highest BCUT2D eigenvalue weighted by Gasteiger charge is 2.17. The number of esters is 1. The number of methoxy groups -OCH3 is 2. The molecule has 0 radical (unpaired) electrons. The molecule has 0 saturated carbocycles. The fraction of sp³-hybridized carbons (Fsp3) is 0.429. The van der Waals surface area contributed by atoms with Crippen molar-refractivity contribution in [3.8, 4) is 0 Å². The summed E-state index contributed by atoms with van der Waals surface area (Å²) in [6, 6.07) is -0.859. The van der Waals surface area contributed by atoms with E-state index in [1.54, 1.807) is 0 Å². The molecule has 1 amide bonds. The zero-order chi connectivity index (χ0) is 9.56. The topological polar surface area (TPSA) is 64.6 Å². The summed E-state index contributed by atoms with van der Waals surface area (Å²) in [7, 11) is 2.42. The molecule has 0 unspecified atom stereocenters. The molecule has 5 nitrogen and oxygen atoms in total. The van der Waals surface area contributed by atoms with Crippen LogP contribution in [0.3, 0.4) is 0 Å². The van der Waals surface area contributed by atoms with Crippen molar-refractivity contribution in [3.05, 3.63) is 12.7 Å². The van der Waals surface area contributed by atoms with Gasteiger partial charge < -0.3 is 14.8 Å². The van der Waals surface area contributed by atoms with E-state index in [-0.39, 0.29) is 0 Å². The molecular weight excluding hydrogens is 162 g/mol. The Morgan fingerprint density at radius 3 is 2.33 bits per heavy atom. The van der Waals surface area contributed by atoms with Crippen molar-refractivity contribution in [2.45, 2.75) is 6.04 Å². The molecule has 0 aromatic rings. The number of carbonyl (C=O) groups is 2. The molecule has 0 spiro atoms. The first-order chi connectivity index (χ1) is 5.65. The summed E-state index contributed by atoms with van der Waals surface area (Å²) in [5.74, 6) is -0.588. The summed E-state index contributed by atoms with van der Waals surface area (Å²) >= 11 is 0. The number of nitrogens with one attached hydrogen (secondary N) is 1. The van der Waals surface area contributed by atoms with Crippen molar-refractivity contribution in [2.75, 3.05) is 14.2 Å². The highest BCUT2D eigenvalue weighted by molar-refractivity contribution is 5.82. The van der Waals surface area contributed by atoms with Gasteiger partial charge >= 0.3 is 12.1 Å². The lowest BCUT2D eigenvalue weighted by molar-refractivity contribution is -0.141. The Bertz CT molecular complexity index is 190. The molecule has 0 aromatic carbocycles. The van der Waals surface area contributed by atoms with Gasteiger partial charge in [0.2, 0.25) is 0 Å². The second-order valence-corrected chi connectivity index (χ2v) is 1.87. The molecule has 0 aliphatic heterocycles. The standard InChI is InChI=1S/C7H11NO4/c1-4-5(6(9)11-2)8-7(10)12-3/h4-5H,1H2,2-3H3,(H,8,10)/t5-/m0/s1. The maximum absolute atomic E-state index is 10.8. The number of amides is 1. The van der Waals surface area contributed by atoms with Crippen LogP contribution in [0.4, 0.5) is 4.79 Å². The summed E-state index contributed by atoms with van der Waals surface area (Å²) < 4.78 is 8.64. The Kier molecular flexibility index (Phi) is 4.52. The summed E-state index contributed by atoms with van der Waals surface area (Å²) in [6.07, 6.45) is 0.549. The van der Waals surface area contributed by atoms with Crippen molar-refractivity contribution in [2.24, 2.45) is 0 Å². The lowest BCUT2D eigenvalue weighted by Gasteiger charge is -2.10. The summed E-state index contributed by atoms with van der Waals surface area (Å²) in [6.45, 7) is 3.35. The van der Waals surface area contributed by atoms with Gasteiger partial charge in [-0.1, -0.05) is 6.08 Å². The lowest BCUT2D eigenvalue weighted by Crippen LogP contribution is -2.39. The van der Waals surface area contributed by atoms with E-state index in [0.717, 1.165) is 0 Å². The highest BCUT2D eigenvalue weighted by atomic mass is 16.5. The van der Waals surface area contributed by atoms with Gasteiger partial charge in [0.05, 0.1) is 14.2 Å². The number of carbonyl (C=O) groups excluding carboxylic acids is 2. The molecule has 68 valence electrons. The molecule has 1 N–H and O–H groups in total. The van der Waals surface area contributed by atoms with Crippen LogP contribution in [0.25, 0.3) is 0 Å². The molecule has 0 aromatic heterocycles. The van der Waals surface area contributed by atoms with Gasteiger partial charge in [0.25, 0.3) is 0 Å². The third-order valence-corrected chi connectivity index (χ3v) is 1.15. The Morgan fingerprint density at radius 2 is 2.00 bits per heavy atom. The van der Waals surface area contributed by atoms with Crippen molar-refractivity contribution < 1.29 is 19.1 Å². The van der Waals surface area contributed by atoms with Gasteiger partial charge in [-0.3, -0.25) is 0 Å². The summed E-state index contributed by atoms with van der Waals surface area (Å²) in [5.41, 5.74) is 0. The number of hydrogen-bond donors (Lipinski definition) is 1. The molecule has 0 saturated heterocycles. The third kappa shape index (κ3) is 3.05. The normalized spacial score (nSPS) is 11.2. The number of rotatable bonds is 3. The fourth-order valence-corrected chi connectivity index (χ4v) is 0.527. The summed E-state index contributed by atoms with van der Waals surface area (Å²) in [5, 5.41) is 2.21. The van der Waals surface area contributed by atoms with Crippen molar-refractivity contribution in [1.29, 1.82) is 0 Å². The molecule has 5 heteroatoms. The molecular formula is C7H11NO4. The minimum Gasteiger partial charge on any atom is -0.467 e. The van der Waals surface area contributed by atoms with Crippen LogP contribution in [0.5, 0.6) is 0 Å².